The summed E-state index contributed by atoms with van der Waals surface area (Å²) < 4.78 is 0. The number of piperidine rings is 1. The summed E-state index contributed by atoms with van der Waals surface area (Å²) >= 11 is 6.16. The van der Waals surface area contributed by atoms with Gasteiger partial charge in [-0.1, -0.05) is 25.4 Å². The molecule has 1 aromatic heterocycles. The van der Waals surface area contributed by atoms with Gasteiger partial charge in [0.2, 0.25) is 0 Å². The van der Waals surface area contributed by atoms with E-state index in [1.807, 2.05) is 7.05 Å². The maximum atomic E-state index is 6.16. The number of aromatic nitrogens is 1. The van der Waals surface area contributed by atoms with E-state index in [1.165, 1.54) is 12.8 Å². The molecule has 0 saturated carbocycles. The minimum absolute atomic E-state index is 0.746. The third kappa shape index (κ3) is 3.61. The van der Waals surface area contributed by atoms with Gasteiger partial charge in [0, 0.05) is 25.8 Å². The number of hydrogen-bond acceptors (Lipinski definition) is 3. The lowest BCUT2D eigenvalue weighted by Crippen LogP contribution is -2.35. The predicted octanol–water partition coefficient (Wildman–Crippen LogP) is 3.33. The second-order valence-electron chi connectivity index (χ2n) is 5.73. The van der Waals surface area contributed by atoms with Gasteiger partial charge < -0.3 is 10.2 Å². The minimum Gasteiger partial charge on any atom is -0.357 e. The Labute approximate surface area is 121 Å². The summed E-state index contributed by atoms with van der Waals surface area (Å²) in [4.78, 5) is 6.86. The van der Waals surface area contributed by atoms with Crippen LogP contribution >= 0.6 is 11.6 Å². The van der Waals surface area contributed by atoms with Crippen LogP contribution in [0.15, 0.2) is 12.3 Å². The molecule has 2 rings (SSSR count). The molecule has 106 valence electrons. The van der Waals surface area contributed by atoms with E-state index in [9.17, 15) is 0 Å². The molecule has 0 aliphatic carbocycles. The van der Waals surface area contributed by atoms with Crippen molar-refractivity contribution in [2.24, 2.45) is 11.8 Å². The molecule has 2 heterocycles. The lowest BCUT2D eigenvalue weighted by Gasteiger charge is -2.34. The van der Waals surface area contributed by atoms with Gasteiger partial charge in [0.05, 0.1) is 5.02 Å². The lowest BCUT2D eigenvalue weighted by molar-refractivity contribution is 0.310. The molecule has 1 saturated heterocycles. The van der Waals surface area contributed by atoms with Crippen LogP contribution in [0.25, 0.3) is 0 Å². The number of nitrogens with zero attached hydrogens (tertiary/aromatic N) is 2. The maximum Gasteiger partial charge on any atom is 0.128 e. The number of hydrogen-bond donors (Lipinski definition) is 1. The first-order valence-corrected chi connectivity index (χ1v) is 7.53. The Morgan fingerprint density at radius 2 is 2.11 bits per heavy atom. The Morgan fingerprint density at radius 3 is 2.68 bits per heavy atom. The van der Waals surface area contributed by atoms with E-state index in [0.29, 0.717) is 0 Å². The molecule has 0 bridgehead atoms. The molecular weight excluding hydrogens is 258 g/mol. The Balaban J connectivity index is 2.05. The zero-order valence-corrected chi connectivity index (χ0v) is 12.9. The fourth-order valence-corrected chi connectivity index (χ4v) is 2.93. The Morgan fingerprint density at radius 1 is 1.42 bits per heavy atom. The van der Waals surface area contributed by atoms with Gasteiger partial charge in [0.15, 0.2) is 0 Å². The second-order valence-corrected chi connectivity index (χ2v) is 6.14. The monoisotopic (exact) mass is 281 g/mol. The standard InChI is InChI=1S/C15H24ClN3/c1-11(2)12-4-6-19(7-5-12)15-8-13(9-17-3)14(16)10-18-15/h8,10-12,17H,4-7,9H2,1-3H3. The summed E-state index contributed by atoms with van der Waals surface area (Å²) in [6.45, 7) is 7.65. The normalized spacial score (nSPS) is 17.2. The van der Waals surface area contributed by atoms with Gasteiger partial charge in [-0.15, -0.1) is 0 Å². The highest BCUT2D eigenvalue weighted by molar-refractivity contribution is 6.31. The number of rotatable bonds is 4. The van der Waals surface area contributed by atoms with E-state index in [4.69, 9.17) is 11.6 Å². The first kappa shape index (κ1) is 14.6. The fraction of sp³-hybridized carbons (Fsp3) is 0.667. The van der Waals surface area contributed by atoms with Crippen molar-refractivity contribution in [3.63, 3.8) is 0 Å². The van der Waals surface area contributed by atoms with Crippen molar-refractivity contribution < 1.29 is 0 Å². The van der Waals surface area contributed by atoms with Crippen molar-refractivity contribution in [2.45, 2.75) is 33.2 Å². The quantitative estimate of drug-likeness (QED) is 0.918. The largest absolute Gasteiger partial charge is 0.357 e. The number of anilines is 1. The van der Waals surface area contributed by atoms with E-state index in [2.05, 4.69) is 35.1 Å². The molecule has 0 unspecified atom stereocenters. The molecule has 0 atom stereocenters. The van der Waals surface area contributed by atoms with Crippen LogP contribution in [0.3, 0.4) is 0 Å². The van der Waals surface area contributed by atoms with Crippen LogP contribution < -0.4 is 10.2 Å². The molecule has 0 spiro atoms. The SMILES string of the molecule is CNCc1cc(N2CCC(C(C)C)CC2)ncc1Cl. The highest BCUT2D eigenvalue weighted by Gasteiger charge is 2.22. The summed E-state index contributed by atoms with van der Waals surface area (Å²) in [6.07, 6.45) is 4.31. The van der Waals surface area contributed by atoms with Crippen molar-refractivity contribution >= 4 is 17.4 Å². The van der Waals surface area contributed by atoms with Crippen LogP contribution in [0.5, 0.6) is 0 Å². The summed E-state index contributed by atoms with van der Waals surface area (Å²) in [5.41, 5.74) is 1.13. The van der Waals surface area contributed by atoms with Crippen LogP contribution in [-0.4, -0.2) is 25.1 Å². The molecule has 19 heavy (non-hydrogen) atoms. The molecule has 0 radical (unpaired) electrons. The molecule has 1 aliphatic rings. The van der Waals surface area contributed by atoms with Gasteiger partial charge in [-0.05, 0) is 43.4 Å². The third-order valence-electron chi connectivity index (χ3n) is 4.09. The minimum atomic E-state index is 0.746. The predicted molar refractivity (Wildman–Crippen MR) is 81.8 cm³/mol. The van der Waals surface area contributed by atoms with E-state index in [1.54, 1.807) is 6.20 Å². The van der Waals surface area contributed by atoms with Gasteiger partial charge in [-0.3, -0.25) is 0 Å². The van der Waals surface area contributed by atoms with Gasteiger partial charge in [-0.2, -0.15) is 0 Å². The molecule has 0 amide bonds. The first-order chi connectivity index (χ1) is 9.11. The number of halogens is 1. The van der Waals surface area contributed by atoms with Crippen LogP contribution in [0, 0.1) is 11.8 Å². The second kappa shape index (κ2) is 6.58. The van der Waals surface area contributed by atoms with Gasteiger partial charge in [0.25, 0.3) is 0 Å². The zero-order valence-electron chi connectivity index (χ0n) is 12.1. The van der Waals surface area contributed by atoms with Crippen molar-refractivity contribution in [1.29, 1.82) is 0 Å². The smallest absolute Gasteiger partial charge is 0.128 e. The zero-order chi connectivity index (χ0) is 13.8. The molecule has 0 aromatic carbocycles. The van der Waals surface area contributed by atoms with Gasteiger partial charge >= 0.3 is 0 Å². The molecule has 1 fully saturated rings. The van der Waals surface area contributed by atoms with Crippen molar-refractivity contribution in [3.05, 3.63) is 22.8 Å². The van der Waals surface area contributed by atoms with Crippen molar-refractivity contribution in [2.75, 3.05) is 25.0 Å². The highest BCUT2D eigenvalue weighted by atomic mass is 35.5. The molecule has 3 nitrogen and oxygen atoms in total. The fourth-order valence-electron chi connectivity index (χ4n) is 2.76. The van der Waals surface area contributed by atoms with Crippen LogP contribution in [0.2, 0.25) is 5.02 Å². The molecule has 1 aromatic rings. The molecule has 1 aliphatic heterocycles. The summed E-state index contributed by atoms with van der Waals surface area (Å²) in [5, 5.41) is 3.89. The van der Waals surface area contributed by atoms with E-state index < -0.39 is 0 Å². The highest BCUT2D eigenvalue weighted by Crippen LogP contribution is 2.28. The number of nitrogens with one attached hydrogen (secondary N) is 1. The van der Waals surface area contributed by atoms with E-state index in [-0.39, 0.29) is 0 Å². The Hall–Kier alpha value is -0.800. The Bertz CT molecular complexity index is 412. The summed E-state index contributed by atoms with van der Waals surface area (Å²) in [5.74, 6) is 2.72. The molecule has 1 N–H and O–H groups in total. The van der Waals surface area contributed by atoms with Gasteiger partial charge in [-0.25, -0.2) is 4.98 Å². The van der Waals surface area contributed by atoms with E-state index in [0.717, 1.165) is 47.9 Å². The lowest BCUT2D eigenvalue weighted by atomic mass is 9.87. The van der Waals surface area contributed by atoms with Crippen LogP contribution in [0.4, 0.5) is 5.82 Å². The first-order valence-electron chi connectivity index (χ1n) is 7.15. The van der Waals surface area contributed by atoms with E-state index >= 15 is 0 Å². The Kier molecular flexibility index (Phi) is 5.06. The molecule has 4 heteroatoms. The summed E-state index contributed by atoms with van der Waals surface area (Å²) in [7, 11) is 1.94. The van der Waals surface area contributed by atoms with Crippen molar-refractivity contribution in [3.8, 4) is 0 Å². The van der Waals surface area contributed by atoms with Gasteiger partial charge in [0.1, 0.15) is 5.82 Å². The average molecular weight is 282 g/mol. The maximum absolute atomic E-state index is 6.16. The van der Waals surface area contributed by atoms with Crippen LogP contribution in [-0.2, 0) is 6.54 Å². The van der Waals surface area contributed by atoms with Crippen molar-refractivity contribution in [1.82, 2.24) is 10.3 Å². The topological polar surface area (TPSA) is 28.2 Å². The molecular formula is C15H24ClN3. The summed E-state index contributed by atoms with van der Waals surface area (Å²) in [6, 6.07) is 2.12. The van der Waals surface area contributed by atoms with Crippen LogP contribution in [0.1, 0.15) is 32.3 Å². The number of pyridine rings is 1. The average Bonchev–Trinajstić information content (AvgIpc) is 2.41. The third-order valence-corrected chi connectivity index (χ3v) is 4.43.